The second-order valence-electron chi connectivity index (χ2n) is 4.29. The average molecular weight is 380 g/mol. The van der Waals surface area contributed by atoms with Crippen molar-refractivity contribution in [1.82, 2.24) is 0 Å². The summed E-state index contributed by atoms with van der Waals surface area (Å²) in [6.45, 7) is 0. The first kappa shape index (κ1) is 16.2. The molecule has 0 aliphatic carbocycles. The molecule has 0 spiro atoms. The summed E-state index contributed by atoms with van der Waals surface area (Å²) in [6.07, 6.45) is -0.168. The van der Waals surface area contributed by atoms with E-state index in [2.05, 4.69) is 0 Å². The molecule has 1 aliphatic heterocycles. The van der Waals surface area contributed by atoms with Crippen LogP contribution in [0.4, 0.5) is 0 Å². The van der Waals surface area contributed by atoms with Gasteiger partial charge in [0.2, 0.25) is 0 Å². The summed E-state index contributed by atoms with van der Waals surface area (Å²) in [5.41, 5.74) is 0. The number of halogens is 3. The maximum atomic E-state index is 11.3. The van der Waals surface area contributed by atoms with Gasteiger partial charge in [-0.15, -0.1) is 0 Å². The Labute approximate surface area is 131 Å². The normalized spacial score (nSPS) is 21.9. The van der Waals surface area contributed by atoms with Crippen LogP contribution >= 0.6 is 33.9 Å². The molecular weight excluding hydrogens is 371 g/mol. The fourth-order valence-corrected chi connectivity index (χ4v) is 5.19. The van der Waals surface area contributed by atoms with Crippen molar-refractivity contribution in [2.75, 3.05) is 11.5 Å². The Morgan fingerprint density at radius 1 is 1.20 bits per heavy atom. The van der Waals surface area contributed by atoms with E-state index >= 15 is 0 Å². The van der Waals surface area contributed by atoms with Crippen molar-refractivity contribution in [2.45, 2.75) is 17.4 Å². The molecule has 2 rings (SSSR count). The highest BCUT2D eigenvalue weighted by Crippen LogP contribution is 2.36. The summed E-state index contributed by atoms with van der Waals surface area (Å²) in [5, 5.41) is -0.141. The molecule has 1 heterocycles. The average Bonchev–Trinajstić information content (AvgIpc) is 2.61. The van der Waals surface area contributed by atoms with Crippen LogP contribution in [0.2, 0.25) is 10.0 Å². The van der Waals surface area contributed by atoms with Gasteiger partial charge in [0.15, 0.2) is 9.84 Å². The standard InChI is InChI=1S/C10H9Cl3O5S2/c11-7-4-10(20(13,16)17)8(12)3-9(7)18-6-1-2-19(14,15)5-6/h3-4,6H,1-2,5H2. The van der Waals surface area contributed by atoms with Crippen molar-refractivity contribution in [3.8, 4) is 5.75 Å². The topological polar surface area (TPSA) is 77.5 Å². The first-order chi connectivity index (χ1) is 9.08. The highest BCUT2D eigenvalue weighted by Gasteiger charge is 2.30. The largest absolute Gasteiger partial charge is 0.488 e. The zero-order chi connectivity index (χ0) is 15.1. The number of sulfone groups is 1. The highest BCUT2D eigenvalue weighted by atomic mass is 35.7. The van der Waals surface area contributed by atoms with Crippen LogP contribution in [0.5, 0.6) is 5.75 Å². The molecule has 1 aromatic carbocycles. The molecule has 1 aliphatic rings. The minimum atomic E-state index is -4.01. The maximum absolute atomic E-state index is 11.3. The van der Waals surface area contributed by atoms with Gasteiger partial charge in [-0.1, -0.05) is 23.2 Å². The molecule has 0 N–H and O–H groups in total. The molecule has 1 aromatic rings. The Balaban J connectivity index is 2.29. The Hall–Kier alpha value is -0.210. The maximum Gasteiger partial charge on any atom is 0.262 e. The van der Waals surface area contributed by atoms with Gasteiger partial charge in [-0.3, -0.25) is 0 Å². The predicted molar refractivity (Wildman–Crippen MR) is 77.2 cm³/mol. The van der Waals surface area contributed by atoms with Crippen molar-refractivity contribution >= 4 is 52.8 Å². The van der Waals surface area contributed by atoms with Crippen LogP contribution in [0.1, 0.15) is 6.42 Å². The molecule has 1 saturated heterocycles. The molecule has 0 radical (unpaired) electrons. The van der Waals surface area contributed by atoms with E-state index in [1.54, 1.807) is 0 Å². The first-order valence-corrected chi connectivity index (χ1v) is 10.3. The van der Waals surface area contributed by atoms with Crippen LogP contribution in [-0.4, -0.2) is 34.4 Å². The predicted octanol–water partition coefficient (Wildman–Crippen LogP) is 2.49. The van der Waals surface area contributed by atoms with E-state index in [9.17, 15) is 16.8 Å². The Morgan fingerprint density at radius 3 is 2.35 bits per heavy atom. The van der Waals surface area contributed by atoms with Crippen LogP contribution in [0.3, 0.4) is 0 Å². The lowest BCUT2D eigenvalue weighted by atomic mass is 10.3. The van der Waals surface area contributed by atoms with Crippen molar-refractivity contribution in [3.05, 3.63) is 22.2 Å². The lowest BCUT2D eigenvalue weighted by molar-refractivity contribution is 0.229. The zero-order valence-corrected chi connectivity index (χ0v) is 13.7. The minimum absolute atomic E-state index is 0.00192. The van der Waals surface area contributed by atoms with Gasteiger partial charge >= 0.3 is 0 Å². The first-order valence-electron chi connectivity index (χ1n) is 5.39. The summed E-state index contributed by atoms with van der Waals surface area (Å²) in [6, 6.07) is 2.29. The van der Waals surface area contributed by atoms with E-state index < -0.39 is 25.0 Å². The smallest absolute Gasteiger partial charge is 0.262 e. The van der Waals surface area contributed by atoms with Crippen molar-refractivity contribution in [2.24, 2.45) is 0 Å². The molecule has 0 saturated carbocycles. The summed E-state index contributed by atoms with van der Waals surface area (Å²) in [5.74, 6) is 0.0797. The van der Waals surface area contributed by atoms with E-state index in [4.69, 9.17) is 38.6 Å². The number of hydrogen-bond donors (Lipinski definition) is 0. The quantitative estimate of drug-likeness (QED) is 0.754. The number of benzene rings is 1. The van der Waals surface area contributed by atoms with Crippen LogP contribution in [0.15, 0.2) is 17.0 Å². The third kappa shape index (κ3) is 3.71. The molecule has 112 valence electrons. The van der Waals surface area contributed by atoms with E-state index in [-0.39, 0.29) is 32.2 Å². The van der Waals surface area contributed by atoms with E-state index in [0.717, 1.165) is 6.07 Å². The third-order valence-corrected chi connectivity index (χ3v) is 6.55. The van der Waals surface area contributed by atoms with E-state index in [1.807, 2.05) is 0 Å². The van der Waals surface area contributed by atoms with Crippen LogP contribution in [-0.2, 0) is 18.9 Å². The zero-order valence-electron chi connectivity index (χ0n) is 9.85. The van der Waals surface area contributed by atoms with Crippen molar-refractivity contribution in [3.63, 3.8) is 0 Å². The second kappa shape index (κ2) is 5.53. The van der Waals surface area contributed by atoms with Gasteiger partial charge in [0.1, 0.15) is 16.7 Å². The molecule has 0 amide bonds. The highest BCUT2D eigenvalue weighted by molar-refractivity contribution is 8.13. The molecule has 1 atom stereocenters. The number of ether oxygens (including phenoxy) is 1. The van der Waals surface area contributed by atoms with Gasteiger partial charge in [-0.05, 0) is 12.5 Å². The lowest BCUT2D eigenvalue weighted by Crippen LogP contribution is -2.18. The Bertz CT molecular complexity index is 742. The van der Waals surface area contributed by atoms with Crippen molar-refractivity contribution < 1.29 is 21.6 Å². The van der Waals surface area contributed by atoms with Gasteiger partial charge < -0.3 is 4.74 Å². The van der Waals surface area contributed by atoms with Crippen LogP contribution in [0, 0.1) is 0 Å². The molecule has 10 heteroatoms. The van der Waals surface area contributed by atoms with E-state index in [0.29, 0.717) is 6.42 Å². The van der Waals surface area contributed by atoms with Gasteiger partial charge in [-0.25, -0.2) is 16.8 Å². The molecule has 1 unspecified atom stereocenters. The third-order valence-electron chi connectivity index (χ3n) is 2.73. The Kier molecular flexibility index (Phi) is 4.47. The molecule has 20 heavy (non-hydrogen) atoms. The summed E-state index contributed by atoms with van der Waals surface area (Å²) in [7, 11) is -1.90. The Morgan fingerprint density at radius 2 is 1.85 bits per heavy atom. The molecule has 0 aromatic heterocycles. The SMILES string of the molecule is O=S1(=O)CCC(Oc2cc(Cl)c(S(=O)(=O)Cl)cc2Cl)C1. The second-order valence-corrected chi connectivity index (χ2v) is 9.87. The molecular formula is C10H9Cl3O5S2. The van der Waals surface area contributed by atoms with E-state index in [1.165, 1.54) is 6.07 Å². The summed E-state index contributed by atoms with van der Waals surface area (Å²) < 4.78 is 50.6. The van der Waals surface area contributed by atoms with Gasteiger partial charge in [0, 0.05) is 16.7 Å². The number of rotatable bonds is 3. The van der Waals surface area contributed by atoms with Crippen LogP contribution in [0.25, 0.3) is 0 Å². The fraction of sp³-hybridized carbons (Fsp3) is 0.400. The lowest BCUT2D eigenvalue weighted by Gasteiger charge is -2.14. The van der Waals surface area contributed by atoms with Gasteiger partial charge in [-0.2, -0.15) is 0 Å². The summed E-state index contributed by atoms with van der Waals surface area (Å²) in [4.78, 5) is -0.322. The van der Waals surface area contributed by atoms with Gasteiger partial charge in [0.05, 0.1) is 21.6 Å². The number of hydrogen-bond acceptors (Lipinski definition) is 5. The van der Waals surface area contributed by atoms with Crippen molar-refractivity contribution in [1.29, 1.82) is 0 Å². The summed E-state index contributed by atoms with van der Waals surface area (Å²) >= 11 is 11.7. The van der Waals surface area contributed by atoms with Crippen LogP contribution < -0.4 is 4.74 Å². The minimum Gasteiger partial charge on any atom is -0.488 e. The molecule has 1 fully saturated rings. The molecule has 5 nitrogen and oxygen atoms in total. The fourth-order valence-electron chi connectivity index (χ4n) is 1.82. The van der Waals surface area contributed by atoms with Gasteiger partial charge in [0.25, 0.3) is 9.05 Å². The molecule has 0 bridgehead atoms. The monoisotopic (exact) mass is 378 g/mol.